The zero-order valence-electron chi connectivity index (χ0n) is 18.2. The summed E-state index contributed by atoms with van der Waals surface area (Å²) in [6.07, 6.45) is 1.78. The summed E-state index contributed by atoms with van der Waals surface area (Å²) in [6.45, 7) is 6.17. The van der Waals surface area contributed by atoms with Gasteiger partial charge in [-0.05, 0) is 55.2 Å². The lowest BCUT2D eigenvalue weighted by atomic mass is 10.0. The molecule has 31 heavy (non-hydrogen) atoms. The van der Waals surface area contributed by atoms with E-state index in [0.29, 0.717) is 5.16 Å². The molecule has 0 saturated heterocycles. The number of hydrogen-bond acceptors (Lipinski definition) is 6. The monoisotopic (exact) mass is 437 g/mol. The van der Waals surface area contributed by atoms with Crippen LogP contribution in [0.2, 0.25) is 0 Å². The van der Waals surface area contributed by atoms with E-state index in [-0.39, 0.29) is 11.9 Å². The van der Waals surface area contributed by atoms with Crippen molar-refractivity contribution < 1.29 is 9.53 Å². The molecule has 2 aromatic carbocycles. The van der Waals surface area contributed by atoms with Gasteiger partial charge in [0.05, 0.1) is 13.2 Å². The number of anilines is 1. The minimum atomic E-state index is -0.417. The summed E-state index contributed by atoms with van der Waals surface area (Å²) in [5.41, 5.74) is 7.53. The molecule has 0 spiro atoms. The van der Waals surface area contributed by atoms with Crippen LogP contribution in [0.25, 0.3) is 0 Å². The number of carbonyl (C=O) groups is 1. The molecule has 8 heteroatoms. The standard InChI is InChI=1S/C23H27N5O2S/c1-5-7-19-25-26-23-28(19)27-20(16-10-12-17(30-4)13-11-16)21(31-23)22(29)24-18-9-6-8-14(2)15(18)3/h6,8-13,20-21,27H,5,7H2,1-4H3,(H,24,29)/t20-,21-/m0/s1. The van der Waals surface area contributed by atoms with Crippen LogP contribution in [0, 0.1) is 13.8 Å². The third-order valence-corrected chi connectivity index (χ3v) is 6.79. The van der Waals surface area contributed by atoms with E-state index in [1.807, 2.05) is 61.0 Å². The smallest absolute Gasteiger partial charge is 0.240 e. The highest BCUT2D eigenvalue weighted by atomic mass is 32.2. The zero-order chi connectivity index (χ0) is 22.0. The summed E-state index contributed by atoms with van der Waals surface area (Å²) >= 11 is 1.44. The van der Waals surface area contributed by atoms with Gasteiger partial charge in [0.25, 0.3) is 0 Å². The van der Waals surface area contributed by atoms with Crippen LogP contribution in [0.3, 0.4) is 0 Å². The first-order chi connectivity index (χ1) is 15.0. The molecule has 0 saturated carbocycles. The fraction of sp³-hybridized carbons (Fsp3) is 0.348. The van der Waals surface area contributed by atoms with E-state index in [0.717, 1.165) is 46.8 Å². The van der Waals surface area contributed by atoms with Gasteiger partial charge >= 0.3 is 0 Å². The van der Waals surface area contributed by atoms with Crippen molar-refractivity contribution in [3.05, 3.63) is 65.0 Å². The molecular weight excluding hydrogens is 410 g/mol. The Morgan fingerprint density at radius 3 is 2.68 bits per heavy atom. The number of nitrogens with one attached hydrogen (secondary N) is 2. The summed E-state index contributed by atoms with van der Waals surface area (Å²) in [5, 5.41) is 12.0. The van der Waals surface area contributed by atoms with Gasteiger partial charge in [-0.25, -0.2) is 4.68 Å². The molecule has 1 amide bonds. The molecule has 3 aromatic rings. The van der Waals surface area contributed by atoms with E-state index in [9.17, 15) is 4.79 Å². The number of hydrogen-bond donors (Lipinski definition) is 2. The first kappa shape index (κ1) is 21.2. The molecule has 0 unspecified atom stereocenters. The first-order valence-electron chi connectivity index (χ1n) is 10.4. The highest BCUT2D eigenvalue weighted by Crippen LogP contribution is 2.38. The van der Waals surface area contributed by atoms with Crippen LogP contribution in [0.5, 0.6) is 5.75 Å². The molecule has 0 aliphatic carbocycles. The van der Waals surface area contributed by atoms with Gasteiger partial charge in [0, 0.05) is 12.1 Å². The van der Waals surface area contributed by atoms with Gasteiger partial charge in [-0.15, -0.1) is 10.2 Å². The Hall–Kier alpha value is -3.00. The van der Waals surface area contributed by atoms with Gasteiger partial charge in [-0.2, -0.15) is 0 Å². The van der Waals surface area contributed by atoms with E-state index in [1.54, 1.807) is 7.11 Å². The van der Waals surface area contributed by atoms with Crippen LogP contribution < -0.4 is 15.5 Å². The van der Waals surface area contributed by atoms with E-state index >= 15 is 0 Å². The fourth-order valence-corrected chi connectivity index (χ4v) is 4.73. The summed E-state index contributed by atoms with van der Waals surface area (Å²) < 4.78 is 7.22. The average molecular weight is 438 g/mol. The van der Waals surface area contributed by atoms with E-state index in [4.69, 9.17) is 4.74 Å². The lowest BCUT2D eigenvalue weighted by molar-refractivity contribution is -0.116. The maximum absolute atomic E-state index is 13.4. The number of aromatic nitrogens is 3. The molecule has 0 bridgehead atoms. The molecule has 162 valence electrons. The molecular formula is C23H27N5O2S. The van der Waals surface area contributed by atoms with Gasteiger partial charge in [0.1, 0.15) is 11.0 Å². The largest absolute Gasteiger partial charge is 0.497 e. The number of thioether (sulfide) groups is 1. The number of amides is 1. The van der Waals surface area contributed by atoms with Crippen LogP contribution >= 0.6 is 11.8 Å². The molecule has 2 atom stereocenters. The van der Waals surface area contributed by atoms with E-state index < -0.39 is 5.25 Å². The quantitative estimate of drug-likeness (QED) is 0.600. The number of nitrogens with zero attached hydrogens (tertiary/aromatic N) is 3. The van der Waals surface area contributed by atoms with Crippen molar-refractivity contribution in [1.29, 1.82) is 0 Å². The predicted molar refractivity (Wildman–Crippen MR) is 123 cm³/mol. The van der Waals surface area contributed by atoms with Crippen LogP contribution in [0.1, 0.15) is 41.9 Å². The van der Waals surface area contributed by atoms with Gasteiger partial charge in [-0.3, -0.25) is 4.79 Å². The van der Waals surface area contributed by atoms with Crippen molar-refractivity contribution in [2.75, 3.05) is 17.9 Å². The van der Waals surface area contributed by atoms with E-state index in [2.05, 4.69) is 27.9 Å². The second-order valence-electron chi connectivity index (χ2n) is 7.64. The number of aryl methyl sites for hydroxylation is 2. The fourth-order valence-electron chi connectivity index (χ4n) is 3.64. The Kier molecular flexibility index (Phi) is 6.18. The topological polar surface area (TPSA) is 81.1 Å². The molecule has 1 aromatic heterocycles. The third-order valence-electron chi connectivity index (χ3n) is 5.57. The number of carbonyl (C=O) groups excluding carboxylic acids is 1. The predicted octanol–water partition coefficient (Wildman–Crippen LogP) is 4.25. The second kappa shape index (κ2) is 9.01. The maximum Gasteiger partial charge on any atom is 0.240 e. The number of methoxy groups -OCH3 is 1. The van der Waals surface area contributed by atoms with Crippen molar-refractivity contribution in [3.8, 4) is 5.75 Å². The summed E-state index contributed by atoms with van der Waals surface area (Å²) in [4.78, 5) is 13.4. The van der Waals surface area contributed by atoms with Crippen LogP contribution in [0.15, 0.2) is 47.6 Å². The summed E-state index contributed by atoms with van der Waals surface area (Å²) in [7, 11) is 1.64. The molecule has 4 rings (SSSR count). The molecule has 7 nitrogen and oxygen atoms in total. The van der Waals surface area contributed by atoms with E-state index in [1.165, 1.54) is 11.8 Å². The lowest BCUT2D eigenvalue weighted by Crippen LogP contribution is -2.41. The Labute approximate surface area is 186 Å². The summed E-state index contributed by atoms with van der Waals surface area (Å²) in [6, 6.07) is 13.5. The minimum Gasteiger partial charge on any atom is -0.497 e. The number of fused-ring (bicyclic) bond motifs is 1. The molecule has 2 N–H and O–H groups in total. The van der Waals surface area contributed by atoms with Crippen LogP contribution in [-0.2, 0) is 11.2 Å². The maximum atomic E-state index is 13.4. The van der Waals surface area contributed by atoms with Crippen LogP contribution in [-0.4, -0.2) is 33.1 Å². The minimum absolute atomic E-state index is 0.0710. The zero-order valence-corrected chi connectivity index (χ0v) is 19.0. The molecule has 1 aliphatic rings. The SMILES string of the molecule is CCCc1nnc2n1N[C@@H](c1ccc(OC)cc1)[C@@H](C(=O)Nc1cccc(C)c1C)S2. The van der Waals surface area contributed by atoms with Crippen molar-refractivity contribution in [2.45, 2.75) is 50.1 Å². The van der Waals surface area contributed by atoms with Gasteiger partial charge in [0.15, 0.2) is 5.82 Å². The third kappa shape index (κ3) is 4.25. The number of benzene rings is 2. The van der Waals surface area contributed by atoms with Crippen molar-refractivity contribution >= 4 is 23.4 Å². The van der Waals surface area contributed by atoms with Gasteiger partial charge in [-0.1, -0.05) is 43.0 Å². The second-order valence-corrected chi connectivity index (χ2v) is 8.75. The van der Waals surface area contributed by atoms with Crippen molar-refractivity contribution in [1.82, 2.24) is 14.9 Å². The van der Waals surface area contributed by atoms with Crippen molar-refractivity contribution in [3.63, 3.8) is 0 Å². The normalized spacial score (nSPS) is 17.5. The molecule has 0 fully saturated rings. The van der Waals surface area contributed by atoms with Gasteiger partial charge in [0.2, 0.25) is 11.1 Å². The molecule has 0 radical (unpaired) electrons. The Bertz CT molecular complexity index is 1080. The summed E-state index contributed by atoms with van der Waals surface area (Å²) in [5.74, 6) is 1.58. The highest BCUT2D eigenvalue weighted by Gasteiger charge is 2.38. The number of ether oxygens (including phenoxy) is 1. The number of rotatable bonds is 6. The van der Waals surface area contributed by atoms with Gasteiger partial charge < -0.3 is 15.5 Å². The molecule has 1 aliphatic heterocycles. The Balaban J connectivity index is 1.68. The first-order valence-corrected chi connectivity index (χ1v) is 11.3. The molecule has 2 heterocycles. The Morgan fingerprint density at radius 1 is 1.19 bits per heavy atom. The average Bonchev–Trinajstić information content (AvgIpc) is 3.18. The Morgan fingerprint density at radius 2 is 1.97 bits per heavy atom. The van der Waals surface area contributed by atoms with Crippen LogP contribution in [0.4, 0.5) is 5.69 Å². The van der Waals surface area contributed by atoms with Crippen molar-refractivity contribution in [2.24, 2.45) is 0 Å². The lowest BCUT2D eigenvalue weighted by Gasteiger charge is -2.33. The highest BCUT2D eigenvalue weighted by molar-refractivity contribution is 8.00.